The minimum absolute atomic E-state index is 0.0316. The number of aliphatic hydroxyl groups is 1. The lowest BCUT2D eigenvalue weighted by atomic mass is 9.95. The molecule has 4 aromatic rings. The fourth-order valence-corrected chi connectivity index (χ4v) is 5.50. The maximum atomic E-state index is 13.4. The first-order valence-corrected chi connectivity index (χ1v) is 12.2. The van der Waals surface area contributed by atoms with E-state index < -0.39 is 17.7 Å². The van der Waals surface area contributed by atoms with Crippen molar-refractivity contribution < 1.29 is 24.5 Å². The van der Waals surface area contributed by atoms with Gasteiger partial charge in [0.05, 0.1) is 34.0 Å². The molecule has 9 heteroatoms. The number of aliphatic hydroxyl groups excluding tert-OH is 1. The lowest BCUT2D eigenvalue weighted by Gasteiger charge is -2.23. The van der Waals surface area contributed by atoms with E-state index in [4.69, 9.17) is 16.3 Å². The normalized spacial score (nSPS) is 17.2. The number of carbonyl (C=O) groups is 2. The van der Waals surface area contributed by atoms with E-state index in [0.29, 0.717) is 27.0 Å². The van der Waals surface area contributed by atoms with E-state index in [-0.39, 0.29) is 22.6 Å². The maximum absolute atomic E-state index is 13.4. The highest BCUT2D eigenvalue weighted by Crippen LogP contribution is 2.45. The molecule has 1 saturated heterocycles. The van der Waals surface area contributed by atoms with E-state index in [1.807, 2.05) is 26.0 Å². The van der Waals surface area contributed by atoms with Crippen LogP contribution in [0, 0.1) is 13.8 Å². The highest BCUT2D eigenvalue weighted by atomic mass is 35.5. The molecule has 0 radical (unpaired) electrons. The smallest absolute Gasteiger partial charge is 0.301 e. The van der Waals surface area contributed by atoms with Gasteiger partial charge in [-0.1, -0.05) is 35.1 Å². The molecule has 0 spiro atoms. The van der Waals surface area contributed by atoms with Gasteiger partial charge in [-0.3, -0.25) is 14.5 Å². The van der Waals surface area contributed by atoms with Crippen LogP contribution >= 0.6 is 22.9 Å². The number of methoxy groups -OCH3 is 1. The van der Waals surface area contributed by atoms with Gasteiger partial charge in [0.25, 0.3) is 5.78 Å². The van der Waals surface area contributed by atoms with Gasteiger partial charge in [-0.05, 0) is 73.0 Å². The van der Waals surface area contributed by atoms with E-state index in [1.54, 1.807) is 24.3 Å². The minimum atomic E-state index is -0.963. The number of aryl methyl sites for hydroxylation is 2. The number of rotatable bonds is 4. The van der Waals surface area contributed by atoms with Gasteiger partial charge in [0.2, 0.25) is 0 Å². The Labute approximate surface area is 215 Å². The number of halogens is 1. The topological polar surface area (TPSA) is 100.0 Å². The third-order valence-corrected chi connectivity index (χ3v) is 7.61. The zero-order valence-corrected chi connectivity index (χ0v) is 21.1. The summed E-state index contributed by atoms with van der Waals surface area (Å²) >= 11 is 7.43. The number of ketones is 1. The van der Waals surface area contributed by atoms with Gasteiger partial charge < -0.3 is 14.9 Å². The number of anilines is 1. The number of hydrogen-bond acceptors (Lipinski definition) is 7. The molecule has 1 amide bonds. The van der Waals surface area contributed by atoms with Crippen molar-refractivity contribution in [2.75, 3.05) is 12.0 Å². The van der Waals surface area contributed by atoms with Crippen molar-refractivity contribution in [1.82, 2.24) is 4.98 Å². The molecule has 182 valence electrons. The molecule has 0 saturated carbocycles. The van der Waals surface area contributed by atoms with Crippen LogP contribution in [0.1, 0.15) is 28.3 Å². The van der Waals surface area contributed by atoms with Crippen molar-refractivity contribution in [3.63, 3.8) is 0 Å². The first-order chi connectivity index (χ1) is 17.2. The van der Waals surface area contributed by atoms with Gasteiger partial charge in [-0.25, -0.2) is 4.98 Å². The highest BCUT2D eigenvalue weighted by molar-refractivity contribution is 7.22. The summed E-state index contributed by atoms with van der Waals surface area (Å²) in [6.45, 7) is 3.98. The standard InChI is InChI=1S/C27H21ClN2O5S/c1-13-10-19-21(11-14(13)2)36-27(29-19)30-23(15-4-7-17(31)8-5-15)22(25(33)26(30)34)24(32)16-6-9-18(28)20(12-16)35-3/h4-12,23,31-32H,1-3H3/b24-22+. The number of Topliss-reactive ketones (excluding diaryl/α,β-unsaturated/α-hetero) is 1. The quantitative estimate of drug-likeness (QED) is 0.197. The number of hydrogen-bond donors (Lipinski definition) is 2. The molecule has 1 aliphatic heterocycles. The van der Waals surface area contributed by atoms with Crippen molar-refractivity contribution in [2.24, 2.45) is 0 Å². The van der Waals surface area contributed by atoms with Gasteiger partial charge in [0, 0.05) is 5.56 Å². The number of fused-ring (bicyclic) bond motifs is 1. The largest absolute Gasteiger partial charge is 0.508 e. The second kappa shape index (κ2) is 8.96. The van der Waals surface area contributed by atoms with E-state index in [2.05, 4.69) is 4.98 Å². The summed E-state index contributed by atoms with van der Waals surface area (Å²) in [6, 6.07) is 13.7. The first kappa shape index (κ1) is 23.8. The SMILES string of the molecule is COc1cc(/C(O)=C2\C(=O)C(=O)N(c3nc4cc(C)c(C)cc4s3)C2c2ccc(O)cc2)ccc1Cl. The molecular formula is C27H21ClN2O5S. The molecule has 3 aromatic carbocycles. The summed E-state index contributed by atoms with van der Waals surface area (Å²) in [6.07, 6.45) is 0. The Bertz CT molecular complexity index is 1540. The lowest BCUT2D eigenvalue weighted by molar-refractivity contribution is -0.132. The number of amides is 1. The number of nitrogens with zero attached hydrogens (tertiary/aromatic N) is 2. The Balaban J connectivity index is 1.73. The molecule has 2 heterocycles. The second-order valence-corrected chi connectivity index (χ2v) is 9.93. The number of benzene rings is 3. The summed E-state index contributed by atoms with van der Waals surface area (Å²) in [4.78, 5) is 32.7. The Morgan fingerprint density at radius 2 is 1.75 bits per heavy atom. The van der Waals surface area contributed by atoms with Crippen molar-refractivity contribution in [3.05, 3.63) is 87.4 Å². The van der Waals surface area contributed by atoms with Gasteiger partial charge in [-0.2, -0.15) is 0 Å². The van der Waals surface area contributed by atoms with Gasteiger partial charge in [-0.15, -0.1) is 0 Å². The average Bonchev–Trinajstić information content (AvgIpc) is 3.37. The Hall–Kier alpha value is -3.88. The highest BCUT2D eigenvalue weighted by Gasteiger charge is 2.48. The van der Waals surface area contributed by atoms with Crippen molar-refractivity contribution in [2.45, 2.75) is 19.9 Å². The molecule has 2 N–H and O–H groups in total. The monoisotopic (exact) mass is 520 g/mol. The van der Waals surface area contributed by atoms with Crippen molar-refractivity contribution >= 4 is 55.7 Å². The summed E-state index contributed by atoms with van der Waals surface area (Å²) in [5, 5.41) is 21.8. The number of phenols is 1. The number of ether oxygens (including phenoxy) is 1. The van der Waals surface area contributed by atoms with Gasteiger partial charge in [0.1, 0.15) is 17.3 Å². The molecule has 0 bridgehead atoms. The van der Waals surface area contributed by atoms with Crippen molar-refractivity contribution in [3.8, 4) is 11.5 Å². The number of aromatic hydroxyl groups is 1. The summed E-state index contributed by atoms with van der Waals surface area (Å²) in [7, 11) is 1.44. The summed E-state index contributed by atoms with van der Waals surface area (Å²) in [5.41, 5.74) is 3.57. The van der Waals surface area contributed by atoms with Crippen LogP contribution in [0.15, 0.2) is 60.2 Å². The molecule has 7 nitrogen and oxygen atoms in total. The fraction of sp³-hybridized carbons (Fsp3) is 0.148. The number of thiazole rings is 1. The molecule has 1 unspecified atom stereocenters. The lowest BCUT2D eigenvalue weighted by Crippen LogP contribution is -2.29. The van der Waals surface area contributed by atoms with Crippen LogP contribution in [-0.4, -0.2) is 34.0 Å². The molecule has 1 aliphatic rings. The molecule has 1 fully saturated rings. The van der Waals surface area contributed by atoms with Crippen LogP contribution in [0.2, 0.25) is 5.02 Å². The number of phenolic OH excluding ortho intramolecular Hbond substituents is 1. The number of aromatic nitrogens is 1. The Morgan fingerprint density at radius 3 is 2.44 bits per heavy atom. The van der Waals surface area contributed by atoms with Crippen LogP contribution in [0.3, 0.4) is 0 Å². The third kappa shape index (κ3) is 3.88. The molecule has 1 aromatic heterocycles. The predicted octanol–water partition coefficient (Wildman–Crippen LogP) is 5.91. The van der Waals surface area contributed by atoms with Gasteiger partial charge in [0.15, 0.2) is 5.13 Å². The first-order valence-electron chi connectivity index (χ1n) is 11.0. The molecule has 36 heavy (non-hydrogen) atoms. The van der Waals surface area contributed by atoms with Crippen LogP contribution in [0.25, 0.3) is 16.0 Å². The average molecular weight is 521 g/mol. The molecule has 0 aliphatic carbocycles. The minimum Gasteiger partial charge on any atom is -0.508 e. The van der Waals surface area contributed by atoms with Crippen LogP contribution in [0.5, 0.6) is 11.5 Å². The number of carbonyl (C=O) groups excluding carboxylic acids is 2. The second-order valence-electron chi connectivity index (χ2n) is 8.51. The summed E-state index contributed by atoms with van der Waals surface area (Å²) < 4.78 is 6.13. The Morgan fingerprint density at radius 1 is 1.06 bits per heavy atom. The van der Waals surface area contributed by atoms with E-state index in [9.17, 15) is 19.8 Å². The third-order valence-electron chi connectivity index (χ3n) is 6.28. The Kier molecular flexibility index (Phi) is 5.94. The van der Waals surface area contributed by atoms with Crippen LogP contribution < -0.4 is 9.64 Å². The van der Waals surface area contributed by atoms with E-state index >= 15 is 0 Å². The zero-order chi connectivity index (χ0) is 25.7. The van der Waals surface area contributed by atoms with Crippen LogP contribution in [-0.2, 0) is 9.59 Å². The molecular weight excluding hydrogens is 500 g/mol. The van der Waals surface area contributed by atoms with Crippen LogP contribution in [0.4, 0.5) is 5.13 Å². The molecule has 1 atom stereocenters. The molecule has 5 rings (SSSR count). The van der Waals surface area contributed by atoms with Gasteiger partial charge >= 0.3 is 5.91 Å². The maximum Gasteiger partial charge on any atom is 0.301 e. The van der Waals surface area contributed by atoms with Crippen molar-refractivity contribution in [1.29, 1.82) is 0 Å². The summed E-state index contributed by atoms with van der Waals surface area (Å²) in [5.74, 6) is -1.66. The van der Waals surface area contributed by atoms with E-state index in [0.717, 1.165) is 15.8 Å². The van der Waals surface area contributed by atoms with E-state index in [1.165, 1.54) is 41.5 Å². The predicted molar refractivity (Wildman–Crippen MR) is 140 cm³/mol. The fourth-order valence-electron chi connectivity index (χ4n) is 4.24. The zero-order valence-electron chi connectivity index (χ0n) is 19.6.